The van der Waals surface area contributed by atoms with E-state index < -0.39 is 5.78 Å². The number of carbonyl (C=O) groups is 2. The molecule has 23 heavy (non-hydrogen) atoms. The summed E-state index contributed by atoms with van der Waals surface area (Å²) in [4.78, 5) is 24.7. The van der Waals surface area contributed by atoms with Gasteiger partial charge in [-0.1, -0.05) is 28.1 Å². The first kappa shape index (κ1) is 17.2. The number of phenolic OH excluding ortho intramolecular Hbond substituents is 1. The molecular formula is C18H17BrO4. The molecule has 0 saturated heterocycles. The maximum Gasteiger partial charge on any atom is 0.174 e. The summed E-state index contributed by atoms with van der Waals surface area (Å²) in [6, 6.07) is 11.3. The molecule has 2 aromatic rings. The van der Waals surface area contributed by atoms with Crippen molar-refractivity contribution in [3.8, 4) is 11.5 Å². The minimum absolute atomic E-state index is 0.0865. The van der Waals surface area contributed by atoms with Gasteiger partial charge in [0.1, 0.15) is 11.5 Å². The van der Waals surface area contributed by atoms with Gasteiger partial charge >= 0.3 is 0 Å². The van der Waals surface area contributed by atoms with Crippen LogP contribution in [-0.4, -0.2) is 22.8 Å². The molecule has 0 atom stereocenters. The Morgan fingerprint density at radius 2 is 1.74 bits per heavy atom. The van der Waals surface area contributed by atoms with Gasteiger partial charge in [0.15, 0.2) is 11.6 Å². The van der Waals surface area contributed by atoms with Crippen LogP contribution in [0.25, 0.3) is 0 Å². The SMILES string of the molecule is CC(C)Oc1ccc(Br)cc1C(=O)CC(=O)c1ccccc1O. The van der Waals surface area contributed by atoms with Crippen molar-refractivity contribution in [2.24, 2.45) is 0 Å². The summed E-state index contributed by atoms with van der Waals surface area (Å²) >= 11 is 3.32. The minimum Gasteiger partial charge on any atom is -0.507 e. The maximum absolute atomic E-state index is 12.5. The third kappa shape index (κ3) is 4.42. The number of hydrogen-bond acceptors (Lipinski definition) is 4. The van der Waals surface area contributed by atoms with Gasteiger partial charge in [0.05, 0.1) is 23.7 Å². The van der Waals surface area contributed by atoms with Crippen LogP contribution >= 0.6 is 15.9 Å². The van der Waals surface area contributed by atoms with E-state index in [0.717, 1.165) is 4.47 Å². The fraction of sp³-hybridized carbons (Fsp3) is 0.222. The van der Waals surface area contributed by atoms with Crippen molar-refractivity contribution < 1.29 is 19.4 Å². The Balaban J connectivity index is 2.25. The van der Waals surface area contributed by atoms with Crippen molar-refractivity contribution in [3.63, 3.8) is 0 Å². The van der Waals surface area contributed by atoms with Crippen LogP contribution < -0.4 is 4.74 Å². The summed E-state index contributed by atoms with van der Waals surface area (Å²) < 4.78 is 6.36. The lowest BCUT2D eigenvalue weighted by atomic mass is 10.0. The Kier molecular flexibility index (Phi) is 5.55. The highest BCUT2D eigenvalue weighted by Gasteiger charge is 2.20. The highest BCUT2D eigenvalue weighted by Crippen LogP contribution is 2.27. The summed E-state index contributed by atoms with van der Waals surface area (Å²) in [7, 11) is 0. The number of carbonyl (C=O) groups excluding carboxylic acids is 2. The van der Waals surface area contributed by atoms with Gasteiger partial charge in [0.25, 0.3) is 0 Å². The quantitative estimate of drug-likeness (QED) is 0.599. The van der Waals surface area contributed by atoms with Crippen LogP contribution in [0.5, 0.6) is 11.5 Å². The molecule has 0 spiro atoms. The fourth-order valence-electron chi connectivity index (χ4n) is 2.12. The molecule has 0 unspecified atom stereocenters. The van der Waals surface area contributed by atoms with Gasteiger partial charge in [-0.05, 0) is 44.2 Å². The summed E-state index contributed by atoms with van der Waals surface area (Å²) in [5.41, 5.74) is 0.485. The molecular weight excluding hydrogens is 360 g/mol. The van der Waals surface area contributed by atoms with E-state index in [0.29, 0.717) is 11.3 Å². The number of rotatable bonds is 6. The zero-order valence-corrected chi connectivity index (χ0v) is 14.5. The average Bonchev–Trinajstić information content (AvgIpc) is 2.48. The second kappa shape index (κ2) is 7.42. The molecule has 1 N–H and O–H groups in total. The summed E-state index contributed by atoms with van der Waals surface area (Å²) in [5.74, 6) is -0.463. The monoisotopic (exact) mass is 376 g/mol. The van der Waals surface area contributed by atoms with Crippen molar-refractivity contribution in [1.82, 2.24) is 0 Å². The molecule has 0 aliphatic rings. The van der Waals surface area contributed by atoms with Crippen LogP contribution in [0, 0.1) is 0 Å². The molecule has 2 rings (SSSR count). The number of phenols is 1. The van der Waals surface area contributed by atoms with Crippen molar-refractivity contribution in [3.05, 3.63) is 58.1 Å². The Bertz CT molecular complexity index is 738. The van der Waals surface area contributed by atoms with Crippen LogP contribution in [-0.2, 0) is 0 Å². The van der Waals surface area contributed by atoms with Crippen molar-refractivity contribution in [1.29, 1.82) is 0 Å². The Morgan fingerprint density at radius 1 is 1.09 bits per heavy atom. The van der Waals surface area contributed by atoms with Gasteiger partial charge in [0.2, 0.25) is 0 Å². The van der Waals surface area contributed by atoms with Gasteiger partial charge in [-0.2, -0.15) is 0 Å². The van der Waals surface area contributed by atoms with Crippen LogP contribution in [0.3, 0.4) is 0 Å². The standard InChI is InChI=1S/C18H17BrO4/c1-11(2)23-18-8-7-12(19)9-14(18)17(22)10-16(21)13-5-3-4-6-15(13)20/h3-9,11,20H,10H2,1-2H3. The molecule has 0 aliphatic carbocycles. The number of para-hydroxylation sites is 1. The highest BCUT2D eigenvalue weighted by atomic mass is 79.9. The first-order chi connectivity index (χ1) is 10.9. The van der Waals surface area contributed by atoms with E-state index in [1.54, 1.807) is 30.3 Å². The van der Waals surface area contributed by atoms with Crippen molar-refractivity contribution in [2.45, 2.75) is 26.4 Å². The Labute approximate surface area is 143 Å². The van der Waals surface area contributed by atoms with Crippen LogP contribution in [0.1, 0.15) is 41.0 Å². The topological polar surface area (TPSA) is 63.6 Å². The fourth-order valence-corrected chi connectivity index (χ4v) is 2.48. The molecule has 120 valence electrons. The zero-order valence-electron chi connectivity index (χ0n) is 12.9. The number of benzene rings is 2. The lowest BCUT2D eigenvalue weighted by Gasteiger charge is -2.14. The number of ether oxygens (including phenoxy) is 1. The predicted molar refractivity (Wildman–Crippen MR) is 91.3 cm³/mol. The van der Waals surface area contributed by atoms with E-state index in [9.17, 15) is 14.7 Å². The van der Waals surface area contributed by atoms with E-state index in [2.05, 4.69) is 15.9 Å². The molecule has 2 aromatic carbocycles. The van der Waals surface area contributed by atoms with Crippen molar-refractivity contribution >= 4 is 27.5 Å². The predicted octanol–water partition coefficient (Wildman–Crippen LogP) is 4.40. The largest absolute Gasteiger partial charge is 0.507 e. The minimum atomic E-state index is -0.427. The molecule has 0 radical (unpaired) electrons. The van der Waals surface area contributed by atoms with Gasteiger partial charge in [-0.25, -0.2) is 0 Å². The summed E-state index contributed by atoms with van der Waals surface area (Å²) in [6.45, 7) is 3.73. The summed E-state index contributed by atoms with van der Waals surface area (Å²) in [6.07, 6.45) is -0.417. The van der Waals surface area contributed by atoms with Crippen LogP contribution in [0.4, 0.5) is 0 Å². The van der Waals surface area contributed by atoms with Gasteiger partial charge in [-0.15, -0.1) is 0 Å². The molecule has 0 aliphatic heterocycles. The number of hydrogen-bond donors (Lipinski definition) is 1. The molecule has 0 amide bonds. The van der Waals surface area contributed by atoms with Gasteiger partial charge in [-0.3, -0.25) is 9.59 Å². The van der Waals surface area contributed by atoms with E-state index in [1.165, 1.54) is 12.1 Å². The lowest BCUT2D eigenvalue weighted by molar-refractivity contribution is 0.0890. The second-order valence-corrected chi connectivity index (χ2v) is 6.26. The van der Waals surface area contributed by atoms with Gasteiger partial charge in [0, 0.05) is 4.47 Å². The molecule has 0 bridgehead atoms. The van der Waals surface area contributed by atoms with E-state index in [-0.39, 0.29) is 29.6 Å². The third-order valence-electron chi connectivity index (χ3n) is 3.13. The lowest BCUT2D eigenvalue weighted by Crippen LogP contribution is -2.13. The average molecular weight is 377 g/mol. The molecule has 5 heteroatoms. The van der Waals surface area contributed by atoms with E-state index in [1.807, 2.05) is 13.8 Å². The van der Waals surface area contributed by atoms with Gasteiger partial charge < -0.3 is 9.84 Å². The molecule has 0 fully saturated rings. The first-order valence-corrected chi connectivity index (χ1v) is 7.98. The molecule has 0 aromatic heterocycles. The Hall–Kier alpha value is -2.14. The second-order valence-electron chi connectivity index (χ2n) is 5.35. The zero-order chi connectivity index (χ0) is 17.0. The number of aromatic hydroxyl groups is 1. The molecule has 0 saturated carbocycles. The van der Waals surface area contributed by atoms with Crippen molar-refractivity contribution in [2.75, 3.05) is 0 Å². The summed E-state index contributed by atoms with van der Waals surface area (Å²) in [5, 5.41) is 9.72. The number of halogens is 1. The van der Waals surface area contributed by atoms with E-state index in [4.69, 9.17) is 4.74 Å². The normalized spacial score (nSPS) is 10.6. The smallest absolute Gasteiger partial charge is 0.174 e. The first-order valence-electron chi connectivity index (χ1n) is 7.19. The number of ketones is 2. The van der Waals surface area contributed by atoms with Crippen LogP contribution in [0.15, 0.2) is 46.9 Å². The number of Topliss-reactive ketones (excluding diaryl/α,β-unsaturated/α-hetero) is 2. The van der Waals surface area contributed by atoms with E-state index >= 15 is 0 Å². The Morgan fingerprint density at radius 3 is 2.39 bits per heavy atom. The maximum atomic E-state index is 12.5. The third-order valence-corrected chi connectivity index (χ3v) is 3.62. The molecule has 0 heterocycles. The highest BCUT2D eigenvalue weighted by molar-refractivity contribution is 9.10. The van der Waals surface area contributed by atoms with Crippen LogP contribution in [0.2, 0.25) is 0 Å². The molecule has 4 nitrogen and oxygen atoms in total.